The molecule has 0 spiro atoms. The molecule has 2 unspecified atom stereocenters. The summed E-state index contributed by atoms with van der Waals surface area (Å²) >= 11 is 0. The summed E-state index contributed by atoms with van der Waals surface area (Å²) in [6, 6.07) is 14.8. The van der Waals surface area contributed by atoms with E-state index in [9.17, 15) is 14.4 Å². The Balaban J connectivity index is 1.12. The minimum Gasteiger partial charge on any atom is -0.352 e. The highest BCUT2D eigenvalue weighted by Gasteiger charge is 2.41. The number of rotatable bonds is 4. The molecule has 8 nitrogen and oxygen atoms in total. The number of amides is 3. The van der Waals surface area contributed by atoms with Gasteiger partial charge in [0.15, 0.2) is 0 Å². The van der Waals surface area contributed by atoms with E-state index in [0.29, 0.717) is 43.9 Å². The lowest BCUT2D eigenvalue weighted by molar-refractivity contribution is -0.139. The predicted molar refractivity (Wildman–Crippen MR) is 136 cm³/mol. The molecule has 3 heterocycles. The Morgan fingerprint density at radius 1 is 0.833 bits per heavy atom. The number of benzene rings is 2. The van der Waals surface area contributed by atoms with Crippen LogP contribution >= 0.6 is 0 Å². The van der Waals surface area contributed by atoms with Gasteiger partial charge in [0, 0.05) is 38.6 Å². The largest absolute Gasteiger partial charge is 0.352 e. The van der Waals surface area contributed by atoms with E-state index in [4.69, 9.17) is 4.98 Å². The Morgan fingerprint density at radius 2 is 1.47 bits per heavy atom. The Bertz CT molecular complexity index is 1300. The summed E-state index contributed by atoms with van der Waals surface area (Å²) in [5.41, 5.74) is 2.67. The van der Waals surface area contributed by atoms with Crippen molar-refractivity contribution in [1.29, 1.82) is 0 Å². The van der Waals surface area contributed by atoms with Gasteiger partial charge in [-0.1, -0.05) is 37.1 Å². The third-order valence-corrected chi connectivity index (χ3v) is 7.87. The Kier molecular flexibility index (Phi) is 5.87. The summed E-state index contributed by atoms with van der Waals surface area (Å²) in [5.74, 6) is 0.352. The van der Waals surface area contributed by atoms with Crippen molar-refractivity contribution in [3.63, 3.8) is 0 Å². The zero-order valence-corrected chi connectivity index (χ0v) is 20.2. The number of imide groups is 1. The lowest BCUT2D eigenvalue weighted by atomic mass is 9.78. The van der Waals surface area contributed by atoms with Gasteiger partial charge in [0.1, 0.15) is 5.82 Å². The van der Waals surface area contributed by atoms with Gasteiger partial charge in [-0.3, -0.25) is 24.3 Å². The van der Waals surface area contributed by atoms with Crippen LogP contribution in [-0.2, 0) is 4.79 Å². The molecular formula is C28H29N5O3. The number of carbonyl (C=O) groups is 3. The van der Waals surface area contributed by atoms with Gasteiger partial charge in [0.05, 0.1) is 28.4 Å². The van der Waals surface area contributed by atoms with Gasteiger partial charge < -0.3 is 9.80 Å². The monoisotopic (exact) mass is 483 g/mol. The first-order valence-electron chi connectivity index (χ1n) is 12.8. The quantitative estimate of drug-likeness (QED) is 0.529. The smallest absolute Gasteiger partial charge is 0.261 e. The molecule has 0 N–H and O–H groups in total. The molecule has 1 aromatic heterocycles. The number of piperazine rings is 1. The number of anilines is 1. The summed E-state index contributed by atoms with van der Waals surface area (Å²) in [5, 5.41) is 0. The highest BCUT2D eigenvalue weighted by Crippen LogP contribution is 2.34. The van der Waals surface area contributed by atoms with E-state index in [2.05, 4.69) is 9.88 Å². The van der Waals surface area contributed by atoms with Gasteiger partial charge in [0.2, 0.25) is 5.91 Å². The van der Waals surface area contributed by atoms with E-state index < -0.39 is 0 Å². The van der Waals surface area contributed by atoms with Gasteiger partial charge in [0.25, 0.3) is 11.8 Å². The summed E-state index contributed by atoms with van der Waals surface area (Å²) < 4.78 is 0. The SMILES string of the molecule is O=C(C1CCCCC1CN1C(=O)c2ccccc2C1=O)N1CCN(c2cnc3ccccc3n2)CC1. The fraction of sp³-hybridized carbons (Fsp3) is 0.393. The molecule has 3 aromatic rings. The van der Waals surface area contributed by atoms with E-state index in [1.54, 1.807) is 30.5 Å². The maximum absolute atomic E-state index is 13.6. The number of carbonyl (C=O) groups excluding carboxylic acids is 3. The van der Waals surface area contributed by atoms with Crippen LogP contribution in [-0.4, -0.2) is 70.2 Å². The maximum Gasteiger partial charge on any atom is 0.261 e. The van der Waals surface area contributed by atoms with Gasteiger partial charge in [-0.25, -0.2) is 4.98 Å². The van der Waals surface area contributed by atoms with Crippen molar-refractivity contribution >= 4 is 34.6 Å². The van der Waals surface area contributed by atoms with E-state index >= 15 is 0 Å². The summed E-state index contributed by atoms with van der Waals surface area (Å²) in [4.78, 5) is 54.2. The van der Waals surface area contributed by atoms with E-state index in [0.717, 1.165) is 42.5 Å². The van der Waals surface area contributed by atoms with Crippen LogP contribution in [0.1, 0.15) is 46.4 Å². The molecule has 1 aliphatic carbocycles. The summed E-state index contributed by atoms with van der Waals surface area (Å²) in [6.07, 6.45) is 5.49. The van der Waals surface area contributed by atoms with Crippen LogP contribution in [0.25, 0.3) is 11.0 Å². The van der Waals surface area contributed by atoms with E-state index in [1.165, 1.54) is 4.90 Å². The molecule has 184 valence electrons. The van der Waals surface area contributed by atoms with E-state index in [-0.39, 0.29) is 29.6 Å². The first kappa shape index (κ1) is 22.6. The third kappa shape index (κ3) is 4.00. The second-order valence-corrected chi connectivity index (χ2v) is 9.95. The lowest BCUT2D eigenvalue weighted by Crippen LogP contribution is -2.52. The number of fused-ring (bicyclic) bond motifs is 2. The van der Waals surface area contributed by atoms with Crippen molar-refractivity contribution < 1.29 is 14.4 Å². The number of aromatic nitrogens is 2. The lowest BCUT2D eigenvalue weighted by Gasteiger charge is -2.40. The number of nitrogens with zero attached hydrogens (tertiary/aromatic N) is 5. The molecule has 2 atom stereocenters. The maximum atomic E-state index is 13.6. The van der Waals surface area contributed by atoms with Crippen molar-refractivity contribution in [2.75, 3.05) is 37.6 Å². The summed E-state index contributed by atoms with van der Waals surface area (Å²) in [7, 11) is 0. The van der Waals surface area contributed by atoms with Gasteiger partial charge in [-0.2, -0.15) is 0 Å². The van der Waals surface area contributed by atoms with Crippen molar-refractivity contribution in [2.45, 2.75) is 25.7 Å². The number of hydrogen-bond acceptors (Lipinski definition) is 6. The van der Waals surface area contributed by atoms with Crippen LogP contribution in [0.5, 0.6) is 0 Å². The normalized spacial score (nSPS) is 22.3. The minimum absolute atomic E-state index is 0.00199. The van der Waals surface area contributed by atoms with Crippen LogP contribution in [0.3, 0.4) is 0 Å². The molecular weight excluding hydrogens is 454 g/mol. The van der Waals surface area contributed by atoms with E-state index in [1.807, 2.05) is 29.2 Å². The highest BCUT2D eigenvalue weighted by molar-refractivity contribution is 6.21. The minimum atomic E-state index is -0.238. The van der Waals surface area contributed by atoms with Crippen LogP contribution in [0.2, 0.25) is 0 Å². The fourth-order valence-electron chi connectivity index (χ4n) is 5.88. The zero-order valence-electron chi connectivity index (χ0n) is 20.2. The Morgan fingerprint density at radius 3 is 2.19 bits per heavy atom. The molecule has 3 amide bonds. The molecule has 1 saturated carbocycles. The molecule has 3 aliphatic rings. The molecule has 0 bridgehead atoms. The molecule has 8 heteroatoms. The van der Waals surface area contributed by atoms with Crippen molar-refractivity contribution in [1.82, 2.24) is 19.8 Å². The number of para-hydroxylation sites is 2. The van der Waals surface area contributed by atoms with Crippen LogP contribution in [0, 0.1) is 11.8 Å². The second-order valence-electron chi connectivity index (χ2n) is 9.95. The first-order chi connectivity index (χ1) is 17.6. The Hall–Kier alpha value is -3.81. The molecule has 2 aromatic carbocycles. The van der Waals surface area contributed by atoms with Gasteiger partial charge in [-0.15, -0.1) is 0 Å². The first-order valence-corrected chi connectivity index (χ1v) is 12.8. The average molecular weight is 484 g/mol. The van der Waals surface area contributed by atoms with Gasteiger partial charge >= 0.3 is 0 Å². The van der Waals surface area contributed by atoms with Crippen molar-refractivity contribution in [2.24, 2.45) is 11.8 Å². The summed E-state index contributed by atoms with van der Waals surface area (Å²) in [6.45, 7) is 2.98. The van der Waals surface area contributed by atoms with Crippen LogP contribution in [0.4, 0.5) is 5.82 Å². The molecule has 0 radical (unpaired) electrons. The molecule has 6 rings (SSSR count). The third-order valence-electron chi connectivity index (χ3n) is 7.87. The molecule has 1 saturated heterocycles. The van der Waals surface area contributed by atoms with Crippen LogP contribution in [0.15, 0.2) is 54.7 Å². The predicted octanol–water partition coefficient (Wildman–Crippen LogP) is 3.38. The topological polar surface area (TPSA) is 86.7 Å². The molecule has 36 heavy (non-hydrogen) atoms. The number of hydrogen-bond donors (Lipinski definition) is 0. The van der Waals surface area contributed by atoms with Crippen molar-refractivity contribution in [3.8, 4) is 0 Å². The molecule has 2 fully saturated rings. The highest BCUT2D eigenvalue weighted by atomic mass is 16.2. The average Bonchev–Trinajstić information content (AvgIpc) is 3.18. The van der Waals surface area contributed by atoms with Gasteiger partial charge in [-0.05, 0) is 43.0 Å². The van der Waals surface area contributed by atoms with Crippen molar-refractivity contribution in [3.05, 3.63) is 65.9 Å². The fourth-order valence-corrected chi connectivity index (χ4v) is 5.88. The second kappa shape index (κ2) is 9.33. The Labute approximate surface area is 209 Å². The standard InChI is InChI=1S/C28H29N5O3/c34-26(32-15-13-31(14-16-32)25-17-29-23-11-5-6-12-24(23)30-25)20-8-2-1-7-19(20)18-33-27(35)21-9-3-4-10-22(21)28(33)36/h3-6,9-12,17,19-20H,1-2,7-8,13-16,18H2. The zero-order chi connectivity index (χ0) is 24.6. The molecule has 2 aliphatic heterocycles. The van der Waals surface area contributed by atoms with Crippen LogP contribution < -0.4 is 4.90 Å².